The summed E-state index contributed by atoms with van der Waals surface area (Å²) in [7, 11) is -3.66. The van der Waals surface area contributed by atoms with Crippen LogP contribution in [0.2, 0.25) is 0 Å². The van der Waals surface area contributed by atoms with Crippen LogP contribution in [-0.2, 0) is 10.0 Å². The van der Waals surface area contributed by atoms with Gasteiger partial charge in [0.25, 0.3) is 10.0 Å². The minimum atomic E-state index is -3.66. The Morgan fingerprint density at radius 2 is 1.67 bits per heavy atom. The van der Waals surface area contributed by atoms with Gasteiger partial charge in [-0.2, -0.15) is 0 Å². The van der Waals surface area contributed by atoms with Crippen LogP contribution >= 0.6 is 0 Å². The fourth-order valence-corrected chi connectivity index (χ4v) is 2.53. The van der Waals surface area contributed by atoms with E-state index in [0.717, 1.165) is 3.97 Å². The van der Waals surface area contributed by atoms with Crippen molar-refractivity contribution in [3.8, 4) is 5.88 Å². The molecule has 2 rings (SSSR count). The lowest BCUT2D eigenvalue weighted by molar-refractivity contribution is 0.445. The molecule has 5 heteroatoms. The maximum Gasteiger partial charge on any atom is 0.270 e. The van der Waals surface area contributed by atoms with Gasteiger partial charge in [-0.25, -0.2) is 12.4 Å². The first-order valence-electron chi connectivity index (χ1n) is 4.29. The lowest BCUT2D eigenvalue weighted by Crippen LogP contribution is -2.10. The van der Waals surface area contributed by atoms with Crippen LogP contribution in [0.3, 0.4) is 0 Å². The summed E-state index contributed by atoms with van der Waals surface area (Å²) in [6.45, 7) is 0. The smallest absolute Gasteiger partial charge is 0.270 e. The van der Waals surface area contributed by atoms with E-state index in [0.29, 0.717) is 0 Å². The van der Waals surface area contributed by atoms with E-state index >= 15 is 0 Å². The minimum Gasteiger partial charge on any atom is -0.494 e. The van der Waals surface area contributed by atoms with Crippen molar-refractivity contribution in [2.45, 2.75) is 4.90 Å². The third-order valence-corrected chi connectivity index (χ3v) is 3.69. The molecular formula is C10H9NO3S. The van der Waals surface area contributed by atoms with Gasteiger partial charge in [0.15, 0.2) is 0 Å². The Bertz CT molecular complexity index is 557. The summed E-state index contributed by atoms with van der Waals surface area (Å²) in [6, 6.07) is 10.7. The van der Waals surface area contributed by atoms with Crippen LogP contribution < -0.4 is 0 Å². The van der Waals surface area contributed by atoms with Crippen molar-refractivity contribution in [2.75, 3.05) is 0 Å². The van der Waals surface area contributed by atoms with Crippen molar-refractivity contribution < 1.29 is 13.5 Å². The van der Waals surface area contributed by atoms with Crippen LogP contribution in [0.15, 0.2) is 53.6 Å². The number of benzene rings is 1. The third kappa shape index (κ3) is 1.61. The second kappa shape index (κ2) is 3.43. The normalized spacial score (nSPS) is 11.5. The molecule has 4 nitrogen and oxygen atoms in total. The van der Waals surface area contributed by atoms with Gasteiger partial charge in [0.1, 0.15) is 0 Å². The van der Waals surface area contributed by atoms with Gasteiger partial charge >= 0.3 is 0 Å². The molecular weight excluding hydrogens is 214 g/mol. The Morgan fingerprint density at radius 1 is 1.00 bits per heavy atom. The monoisotopic (exact) mass is 223 g/mol. The summed E-state index contributed by atoms with van der Waals surface area (Å²) in [5.41, 5.74) is 0. The maximum absolute atomic E-state index is 11.9. The standard InChI is InChI=1S/C10H9NO3S/c12-10-7-4-8-11(10)15(13,14)9-5-2-1-3-6-9/h1-8,12H. The highest BCUT2D eigenvalue weighted by Crippen LogP contribution is 2.19. The molecule has 0 fully saturated rings. The van der Waals surface area contributed by atoms with Crippen LogP contribution in [0, 0.1) is 0 Å². The molecule has 1 heterocycles. The lowest BCUT2D eigenvalue weighted by Gasteiger charge is -2.06. The lowest BCUT2D eigenvalue weighted by atomic mass is 10.4. The largest absolute Gasteiger partial charge is 0.494 e. The van der Waals surface area contributed by atoms with Crippen molar-refractivity contribution >= 4 is 10.0 Å². The molecule has 0 atom stereocenters. The van der Waals surface area contributed by atoms with Gasteiger partial charge in [0.2, 0.25) is 5.88 Å². The second-order valence-electron chi connectivity index (χ2n) is 2.98. The molecule has 78 valence electrons. The zero-order chi connectivity index (χ0) is 10.9. The summed E-state index contributed by atoms with van der Waals surface area (Å²) >= 11 is 0. The van der Waals surface area contributed by atoms with E-state index in [2.05, 4.69) is 0 Å². The quantitative estimate of drug-likeness (QED) is 0.837. The van der Waals surface area contributed by atoms with Gasteiger partial charge in [0, 0.05) is 12.3 Å². The molecule has 2 aromatic rings. The summed E-state index contributed by atoms with van der Waals surface area (Å²) in [5, 5.41) is 9.33. The number of aromatic nitrogens is 1. The molecule has 0 saturated carbocycles. The molecule has 0 aliphatic rings. The Hall–Kier alpha value is -1.75. The molecule has 0 aliphatic heterocycles. The molecule has 0 radical (unpaired) electrons. The maximum atomic E-state index is 11.9. The van der Waals surface area contributed by atoms with E-state index in [1.165, 1.54) is 30.5 Å². The highest BCUT2D eigenvalue weighted by molar-refractivity contribution is 7.90. The van der Waals surface area contributed by atoms with E-state index in [4.69, 9.17) is 0 Å². The molecule has 0 bridgehead atoms. The van der Waals surface area contributed by atoms with Crippen molar-refractivity contribution in [2.24, 2.45) is 0 Å². The molecule has 1 N–H and O–H groups in total. The van der Waals surface area contributed by atoms with E-state index in [-0.39, 0.29) is 10.8 Å². The van der Waals surface area contributed by atoms with Crippen molar-refractivity contribution in [3.05, 3.63) is 48.7 Å². The SMILES string of the molecule is O=S(=O)(c1ccccc1)n1cccc1O. The van der Waals surface area contributed by atoms with Crippen molar-refractivity contribution in [1.82, 2.24) is 3.97 Å². The van der Waals surface area contributed by atoms with Gasteiger partial charge in [-0.3, -0.25) is 0 Å². The summed E-state index contributed by atoms with van der Waals surface area (Å²) in [5.74, 6) is -0.293. The highest BCUT2D eigenvalue weighted by atomic mass is 32.2. The van der Waals surface area contributed by atoms with Gasteiger partial charge in [-0.05, 0) is 18.2 Å². The summed E-state index contributed by atoms with van der Waals surface area (Å²) in [6.07, 6.45) is 1.30. The van der Waals surface area contributed by atoms with Crippen LogP contribution in [0.5, 0.6) is 5.88 Å². The predicted octanol–water partition coefficient (Wildman–Crippen LogP) is 1.43. The van der Waals surface area contributed by atoms with Crippen LogP contribution in [0.25, 0.3) is 0 Å². The summed E-state index contributed by atoms with van der Waals surface area (Å²) < 4.78 is 24.7. The second-order valence-corrected chi connectivity index (χ2v) is 4.80. The van der Waals surface area contributed by atoms with E-state index in [1.807, 2.05) is 0 Å². The number of hydrogen-bond acceptors (Lipinski definition) is 3. The number of hydrogen-bond donors (Lipinski definition) is 1. The molecule has 0 spiro atoms. The van der Waals surface area contributed by atoms with Crippen LogP contribution in [0.4, 0.5) is 0 Å². The molecule has 0 aliphatic carbocycles. The average molecular weight is 223 g/mol. The van der Waals surface area contributed by atoms with Gasteiger partial charge in [-0.1, -0.05) is 18.2 Å². The fraction of sp³-hybridized carbons (Fsp3) is 0. The predicted molar refractivity (Wildman–Crippen MR) is 55.1 cm³/mol. The van der Waals surface area contributed by atoms with Gasteiger partial charge < -0.3 is 5.11 Å². The first-order valence-corrected chi connectivity index (χ1v) is 5.73. The Labute approximate surface area is 87.5 Å². The number of aromatic hydroxyl groups is 1. The van der Waals surface area contributed by atoms with E-state index in [9.17, 15) is 13.5 Å². The number of rotatable bonds is 2. The summed E-state index contributed by atoms with van der Waals surface area (Å²) in [4.78, 5) is 0.150. The molecule has 0 amide bonds. The highest BCUT2D eigenvalue weighted by Gasteiger charge is 2.17. The van der Waals surface area contributed by atoms with Crippen LogP contribution in [-0.4, -0.2) is 17.5 Å². The Kier molecular flexibility index (Phi) is 2.24. The van der Waals surface area contributed by atoms with Gasteiger partial charge in [-0.15, -0.1) is 0 Å². The first kappa shape index (κ1) is 9.79. The number of nitrogens with zero attached hydrogens (tertiary/aromatic N) is 1. The zero-order valence-corrected chi connectivity index (χ0v) is 8.55. The molecule has 15 heavy (non-hydrogen) atoms. The molecule has 1 aromatic heterocycles. The van der Waals surface area contributed by atoms with Crippen LogP contribution in [0.1, 0.15) is 0 Å². The third-order valence-electron chi connectivity index (χ3n) is 1.99. The Balaban J connectivity index is 2.60. The molecule has 0 unspecified atom stereocenters. The molecule has 1 aromatic carbocycles. The molecule has 0 saturated heterocycles. The van der Waals surface area contributed by atoms with E-state index < -0.39 is 10.0 Å². The Morgan fingerprint density at radius 3 is 2.20 bits per heavy atom. The zero-order valence-electron chi connectivity index (χ0n) is 7.74. The fourth-order valence-electron chi connectivity index (χ4n) is 1.27. The van der Waals surface area contributed by atoms with E-state index in [1.54, 1.807) is 18.2 Å². The minimum absolute atomic E-state index is 0.150. The topological polar surface area (TPSA) is 59.3 Å². The van der Waals surface area contributed by atoms with Crippen molar-refractivity contribution in [3.63, 3.8) is 0 Å². The van der Waals surface area contributed by atoms with Gasteiger partial charge in [0.05, 0.1) is 4.90 Å². The first-order chi connectivity index (χ1) is 7.12. The average Bonchev–Trinajstić information content (AvgIpc) is 2.66. The van der Waals surface area contributed by atoms with Crippen molar-refractivity contribution in [1.29, 1.82) is 0 Å².